The van der Waals surface area contributed by atoms with Crippen LogP contribution in [0, 0.1) is 10.1 Å². The molecule has 3 N–H and O–H groups in total. The molecule has 0 bridgehead atoms. The van der Waals surface area contributed by atoms with E-state index >= 15 is 0 Å². The van der Waals surface area contributed by atoms with Gasteiger partial charge in [0.2, 0.25) is 5.91 Å². The lowest BCUT2D eigenvalue weighted by molar-refractivity contribution is -0.383. The van der Waals surface area contributed by atoms with Crippen molar-refractivity contribution in [3.05, 3.63) is 28.3 Å². The van der Waals surface area contributed by atoms with Gasteiger partial charge in [-0.3, -0.25) is 14.9 Å². The van der Waals surface area contributed by atoms with Crippen molar-refractivity contribution in [1.29, 1.82) is 0 Å². The van der Waals surface area contributed by atoms with E-state index in [1.54, 1.807) is 19.2 Å². The quantitative estimate of drug-likeness (QED) is 0.467. The molecule has 102 valence electrons. The monoisotopic (exact) mass is 264 g/mol. The van der Waals surface area contributed by atoms with E-state index in [9.17, 15) is 14.9 Å². The molecule has 1 aromatic carbocycles. The summed E-state index contributed by atoms with van der Waals surface area (Å²) >= 11 is 0. The Morgan fingerprint density at radius 2 is 2.26 bits per heavy atom. The third-order valence-electron chi connectivity index (χ3n) is 2.96. The van der Waals surface area contributed by atoms with E-state index in [0.29, 0.717) is 5.69 Å². The molecule has 1 aromatic rings. The Bertz CT molecular complexity index is 514. The lowest BCUT2D eigenvalue weighted by Crippen LogP contribution is -2.36. The van der Waals surface area contributed by atoms with Crippen LogP contribution >= 0.6 is 0 Å². The fourth-order valence-corrected chi connectivity index (χ4v) is 1.86. The molecule has 19 heavy (non-hydrogen) atoms. The van der Waals surface area contributed by atoms with Crippen molar-refractivity contribution in [2.45, 2.75) is 18.9 Å². The van der Waals surface area contributed by atoms with E-state index < -0.39 is 4.92 Å². The van der Waals surface area contributed by atoms with Crippen molar-refractivity contribution in [2.24, 2.45) is 0 Å². The third kappa shape index (κ3) is 3.12. The van der Waals surface area contributed by atoms with Gasteiger partial charge < -0.3 is 16.0 Å². The van der Waals surface area contributed by atoms with Crippen molar-refractivity contribution >= 4 is 23.0 Å². The number of nitro groups is 1. The number of nitro benzene ring substituents is 1. The van der Waals surface area contributed by atoms with Gasteiger partial charge in [0.15, 0.2) is 0 Å². The summed E-state index contributed by atoms with van der Waals surface area (Å²) in [6.07, 6.45) is 2.02. The first kappa shape index (κ1) is 13.1. The number of carbonyl (C=O) groups excluding carboxylic acids is 1. The number of carbonyl (C=O) groups is 1. The van der Waals surface area contributed by atoms with E-state index in [1.807, 2.05) is 0 Å². The number of nitrogens with zero attached hydrogens (tertiary/aromatic N) is 2. The summed E-state index contributed by atoms with van der Waals surface area (Å²) < 4.78 is 0. The molecule has 0 spiro atoms. The smallest absolute Gasteiger partial charge is 0.315 e. The molecule has 0 heterocycles. The lowest BCUT2D eigenvalue weighted by Gasteiger charge is -2.19. The highest BCUT2D eigenvalue weighted by atomic mass is 16.6. The van der Waals surface area contributed by atoms with Gasteiger partial charge in [-0.15, -0.1) is 0 Å². The Kier molecular flexibility index (Phi) is 3.55. The second kappa shape index (κ2) is 5.13. The standard InChI is InChI=1S/C12H16N4O3/c1-15(7-11(17)14-8-5-6-8)10-4-2-3-9(13)12(10)16(18)19/h2-4,8H,5-7,13H2,1H3,(H,14,17). The van der Waals surface area contributed by atoms with Gasteiger partial charge in [-0.05, 0) is 25.0 Å². The Morgan fingerprint density at radius 1 is 1.58 bits per heavy atom. The largest absolute Gasteiger partial charge is 0.393 e. The number of hydrogen-bond acceptors (Lipinski definition) is 5. The van der Waals surface area contributed by atoms with Crippen molar-refractivity contribution in [2.75, 3.05) is 24.2 Å². The van der Waals surface area contributed by atoms with E-state index in [-0.39, 0.29) is 29.9 Å². The first-order chi connectivity index (χ1) is 8.99. The molecular weight excluding hydrogens is 248 g/mol. The number of nitrogens with two attached hydrogens (primary N) is 1. The maximum Gasteiger partial charge on any atom is 0.315 e. The van der Waals surface area contributed by atoms with Crippen LogP contribution in [0.25, 0.3) is 0 Å². The van der Waals surface area contributed by atoms with Crippen molar-refractivity contribution in [3.63, 3.8) is 0 Å². The molecule has 1 aliphatic carbocycles. The number of nitrogens with one attached hydrogen (secondary N) is 1. The van der Waals surface area contributed by atoms with Gasteiger partial charge in [-0.2, -0.15) is 0 Å². The number of amides is 1. The second-order valence-electron chi connectivity index (χ2n) is 4.67. The predicted octanol–water partition coefficient (Wildman–Crippen LogP) is 0.892. The number of anilines is 2. The van der Waals surface area contributed by atoms with Gasteiger partial charge in [0.1, 0.15) is 11.4 Å². The first-order valence-electron chi connectivity index (χ1n) is 6.02. The SMILES string of the molecule is CN(CC(=O)NC1CC1)c1cccc(N)c1[N+](=O)[O-]. The van der Waals surface area contributed by atoms with Gasteiger partial charge in [0.25, 0.3) is 0 Å². The highest BCUT2D eigenvalue weighted by Gasteiger charge is 2.25. The molecule has 1 amide bonds. The Labute approximate surface area is 110 Å². The van der Waals surface area contributed by atoms with Crippen LogP contribution in [0.15, 0.2) is 18.2 Å². The third-order valence-corrected chi connectivity index (χ3v) is 2.96. The first-order valence-corrected chi connectivity index (χ1v) is 6.02. The van der Waals surface area contributed by atoms with E-state index in [1.165, 1.54) is 11.0 Å². The van der Waals surface area contributed by atoms with E-state index in [0.717, 1.165) is 12.8 Å². The number of nitrogen functional groups attached to an aromatic ring is 1. The summed E-state index contributed by atoms with van der Waals surface area (Å²) in [6.45, 7) is 0.0702. The number of rotatable bonds is 5. The van der Waals surface area contributed by atoms with Gasteiger partial charge in [-0.1, -0.05) is 6.07 Å². The molecule has 0 radical (unpaired) electrons. The molecule has 1 fully saturated rings. The molecule has 0 aromatic heterocycles. The van der Waals surface area contributed by atoms with Crippen LogP contribution in [0.3, 0.4) is 0 Å². The molecule has 0 atom stereocenters. The fourth-order valence-electron chi connectivity index (χ4n) is 1.86. The fraction of sp³-hybridized carbons (Fsp3) is 0.417. The maximum absolute atomic E-state index is 11.7. The second-order valence-corrected chi connectivity index (χ2v) is 4.67. The molecule has 7 nitrogen and oxygen atoms in total. The molecule has 0 unspecified atom stereocenters. The summed E-state index contributed by atoms with van der Waals surface area (Å²) in [7, 11) is 1.63. The number of hydrogen-bond donors (Lipinski definition) is 2. The number of likely N-dealkylation sites (N-methyl/N-ethyl adjacent to an activating group) is 1. The van der Waals surface area contributed by atoms with Crippen LogP contribution in [0.1, 0.15) is 12.8 Å². The summed E-state index contributed by atoms with van der Waals surface area (Å²) in [6, 6.07) is 4.96. The molecule has 0 aliphatic heterocycles. The van der Waals surface area contributed by atoms with Crippen LogP contribution in [-0.4, -0.2) is 30.5 Å². The maximum atomic E-state index is 11.7. The van der Waals surface area contributed by atoms with Crippen LogP contribution in [0.5, 0.6) is 0 Å². The van der Waals surface area contributed by atoms with Crippen LogP contribution in [0.4, 0.5) is 17.1 Å². The summed E-state index contributed by atoms with van der Waals surface area (Å²) in [4.78, 5) is 23.7. The zero-order valence-electron chi connectivity index (χ0n) is 10.6. The summed E-state index contributed by atoms with van der Waals surface area (Å²) in [5.74, 6) is -0.137. The number of para-hydroxylation sites is 1. The van der Waals surface area contributed by atoms with Crippen molar-refractivity contribution in [3.8, 4) is 0 Å². The van der Waals surface area contributed by atoms with E-state index in [4.69, 9.17) is 5.73 Å². The normalized spacial score (nSPS) is 13.9. The van der Waals surface area contributed by atoms with Gasteiger partial charge in [0, 0.05) is 13.1 Å². The van der Waals surface area contributed by atoms with Crippen molar-refractivity contribution < 1.29 is 9.72 Å². The minimum Gasteiger partial charge on any atom is -0.393 e. The van der Waals surface area contributed by atoms with Gasteiger partial charge >= 0.3 is 5.69 Å². The Hall–Kier alpha value is -2.31. The van der Waals surface area contributed by atoms with Crippen molar-refractivity contribution in [1.82, 2.24) is 5.32 Å². The minimum absolute atomic E-state index is 0.0702. The topological polar surface area (TPSA) is 102 Å². The van der Waals surface area contributed by atoms with Crippen LogP contribution in [0.2, 0.25) is 0 Å². The predicted molar refractivity (Wildman–Crippen MR) is 71.9 cm³/mol. The zero-order chi connectivity index (χ0) is 14.0. The molecule has 2 rings (SSSR count). The van der Waals surface area contributed by atoms with Gasteiger partial charge in [-0.25, -0.2) is 0 Å². The molecule has 0 saturated heterocycles. The highest BCUT2D eigenvalue weighted by molar-refractivity contribution is 5.84. The molecular formula is C12H16N4O3. The Balaban J connectivity index is 2.13. The van der Waals surface area contributed by atoms with Crippen LogP contribution in [-0.2, 0) is 4.79 Å². The average molecular weight is 264 g/mol. The molecule has 1 aliphatic rings. The highest BCUT2D eigenvalue weighted by Crippen LogP contribution is 2.32. The zero-order valence-corrected chi connectivity index (χ0v) is 10.6. The lowest BCUT2D eigenvalue weighted by atomic mass is 10.2. The molecule has 1 saturated carbocycles. The summed E-state index contributed by atoms with van der Waals surface area (Å²) in [5.41, 5.74) is 5.89. The Morgan fingerprint density at radius 3 is 2.84 bits per heavy atom. The molecule has 7 heteroatoms. The van der Waals surface area contributed by atoms with E-state index in [2.05, 4.69) is 5.32 Å². The minimum atomic E-state index is -0.528. The number of benzene rings is 1. The summed E-state index contributed by atoms with van der Waals surface area (Å²) in [5, 5.41) is 13.9. The van der Waals surface area contributed by atoms with Crippen LogP contribution < -0.4 is 16.0 Å². The average Bonchev–Trinajstić information content (AvgIpc) is 3.11. The van der Waals surface area contributed by atoms with Gasteiger partial charge in [0.05, 0.1) is 11.5 Å².